The molecule has 0 radical (unpaired) electrons. The standard InChI is InChI=1S/C19H27NO/c1-12(2)7-8-19-10-15-5-6-16(21)9-17(15)18(14(19)4)13(3)11-20-19/h5-7,9,13-14,18,20-21H,8,10-11H2,1-4H3. The van der Waals surface area contributed by atoms with Crippen molar-refractivity contribution in [1.29, 1.82) is 0 Å². The van der Waals surface area contributed by atoms with Gasteiger partial charge in [-0.3, -0.25) is 0 Å². The van der Waals surface area contributed by atoms with Crippen LogP contribution in [0.15, 0.2) is 29.8 Å². The van der Waals surface area contributed by atoms with E-state index >= 15 is 0 Å². The molecular weight excluding hydrogens is 258 g/mol. The van der Waals surface area contributed by atoms with E-state index in [1.807, 2.05) is 12.1 Å². The molecule has 1 saturated heterocycles. The highest BCUT2D eigenvalue weighted by Gasteiger charge is 2.49. The molecule has 0 spiro atoms. The first-order valence-corrected chi connectivity index (χ1v) is 8.13. The zero-order valence-electron chi connectivity index (χ0n) is 13.6. The largest absolute Gasteiger partial charge is 0.508 e. The molecule has 3 rings (SSSR count). The first kappa shape index (κ1) is 14.6. The lowest BCUT2D eigenvalue weighted by atomic mass is 9.58. The Kier molecular flexibility index (Phi) is 3.61. The minimum Gasteiger partial charge on any atom is -0.508 e. The fourth-order valence-electron chi connectivity index (χ4n) is 4.40. The number of fused-ring (bicyclic) bond motifs is 4. The highest BCUT2D eigenvalue weighted by Crippen LogP contribution is 2.50. The van der Waals surface area contributed by atoms with E-state index in [9.17, 15) is 5.11 Å². The van der Waals surface area contributed by atoms with E-state index in [0.717, 1.165) is 19.4 Å². The maximum atomic E-state index is 9.87. The van der Waals surface area contributed by atoms with Crippen molar-refractivity contribution >= 4 is 0 Å². The lowest BCUT2D eigenvalue weighted by Crippen LogP contribution is -2.62. The van der Waals surface area contributed by atoms with Gasteiger partial charge in [0.2, 0.25) is 0 Å². The first-order valence-electron chi connectivity index (χ1n) is 8.13. The van der Waals surface area contributed by atoms with Gasteiger partial charge in [0.05, 0.1) is 0 Å². The smallest absolute Gasteiger partial charge is 0.115 e. The van der Waals surface area contributed by atoms with Crippen LogP contribution in [0.4, 0.5) is 0 Å². The Morgan fingerprint density at radius 1 is 1.38 bits per heavy atom. The van der Waals surface area contributed by atoms with Crippen molar-refractivity contribution in [3.63, 3.8) is 0 Å². The second-order valence-electron chi connectivity index (χ2n) is 7.37. The van der Waals surface area contributed by atoms with Crippen LogP contribution in [0.5, 0.6) is 5.75 Å². The van der Waals surface area contributed by atoms with Crippen LogP contribution in [0.25, 0.3) is 0 Å². The molecule has 0 saturated carbocycles. The molecular formula is C19H27NO. The van der Waals surface area contributed by atoms with E-state index in [4.69, 9.17) is 0 Å². The maximum absolute atomic E-state index is 9.87. The van der Waals surface area contributed by atoms with E-state index in [1.54, 1.807) is 0 Å². The number of hydrogen-bond donors (Lipinski definition) is 2. The molecule has 2 nitrogen and oxygen atoms in total. The van der Waals surface area contributed by atoms with E-state index in [2.05, 4.69) is 45.2 Å². The van der Waals surface area contributed by atoms with Gasteiger partial charge in [-0.1, -0.05) is 31.6 Å². The Morgan fingerprint density at radius 2 is 2.14 bits per heavy atom. The van der Waals surface area contributed by atoms with Gasteiger partial charge in [-0.25, -0.2) is 0 Å². The number of hydrogen-bond acceptors (Lipinski definition) is 2. The first-order chi connectivity index (χ1) is 9.93. The van der Waals surface area contributed by atoms with Crippen molar-refractivity contribution in [2.75, 3.05) is 6.54 Å². The Hall–Kier alpha value is -1.28. The van der Waals surface area contributed by atoms with Gasteiger partial charge in [-0.2, -0.15) is 0 Å². The number of rotatable bonds is 2. The van der Waals surface area contributed by atoms with Crippen molar-refractivity contribution in [1.82, 2.24) is 5.32 Å². The summed E-state index contributed by atoms with van der Waals surface area (Å²) in [5.74, 6) is 2.16. The van der Waals surface area contributed by atoms with E-state index in [-0.39, 0.29) is 5.54 Å². The lowest BCUT2D eigenvalue weighted by Gasteiger charge is -2.54. The fourth-order valence-corrected chi connectivity index (χ4v) is 4.40. The average molecular weight is 285 g/mol. The molecule has 1 aromatic carbocycles. The van der Waals surface area contributed by atoms with Crippen LogP contribution in [-0.4, -0.2) is 17.2 Å². The minimum absolute atomic E-state index is 0.179. The van der Waals surface area contributed by atoms with Gasteiger partial charge in [0.1, 0.15) is 5.75 Å². The number of phenolic OH excluding ortho intramolecular Hbond substituents is 1. The second-order valence-corrected chi connectivity index (χ2v) is 7.37. The molecule has 4 unspecified atom stereocenters. The number of aromatic hydroxyl groups is 1. The predicted molar refractivity (Wildman–Crippen MR) is 87.7 cm³/mol. The van der Waals surface area contributed by atoms with Gasteiger partial charge in [-0.05, 0) is 74.2 Å². The summed E-state index contributed by atoms with van der Waals surface area (Å²) in [4.78, 5) is 0. The Balaban J connectivity index is 2.06. The SMILES string of the molecule is CC(C)=CCC12Cc3ccc(O)cc3C(C(C)CN1)C2C. The van der Waals surface area contributed by atoms with Crippen LogP contribution in [0, 0.1) is 11.8 Å². The summed E-state index contributed by atoms with van der Waals surface area (Å²) in [5, 5.41) is 13.7. The number of nitrogens with one attached hydrogen (secondary N) is 1. The zero-order chi connectivity index (χ0) is 15.2. The predicted octanol–water partition coefficient (Wildman–Crippen LogP) is 4.00. The third-order valence-corrected chi connectivity index (χ3v) is 5.67. The zero-order valence-corrected chi connectivity index (χ0v) is 13.6. The van der Waals surface area contributed by atoms with Crippen molar-refractivity contribution < 1.29 is 5.11 Å². The molecule has 114 valence electrons. The molecule has 1 aromatic rings. The third-order valence-electron chi connectivity index (χ3n) is 5.67. The molecule has 1 fully saturated rings. The monoisotopic (exact) mass is 285 g/mol. The van der Waals surface area contributed by atoms with Gasteiger partial charge < -0.3 is 10.4 Å². The fraction of sp³-hybridized carbons (Fsp3) is 0.579. The normalized spacial score (nSPS) is 34.2. The molecule has 1 heterocycles. The summed E-state index contributed by atoms with van der Waals surface area (Å²) in [7, 11) is 0. The molecule has 0 aromatic heterocycles. The van der Waals surface area contributed by atoms with Crippen molar-refractivity contribution in [3.8, 4) is 5.75 Å². The van der Waals surface area contributed by atoms with Gasteiger partial charge in [-0.15, -0.1) is 0 Å². The molecule has 21 heavy (non-hydrogen) atoms. The van der Waals surface area contributed by atoms with Crippen LogP contribution in [-0.2, 0) is 6.42 Å². The molecule has 1 aliphatic carbocycles. The number of allylic oxidation sites excluding steroid dienone is 1. The second kappa shape index (κ2) is 5.17. The number of piperidine rings is 1. The quantitative estimate of drug-likeness (QED) is 0.805. The summed E-state index contributed by atoms with van der Waals surface area (Å²) < 4.78 is 0. The van der Waals surface area contributed by atoms with Crippen LogP contribution >= 0.6 is 0 Å². The topological polar surface area (TPSA) is 32.3 Å². The molecule has 2 heteroatoms. The summed E-state index contributed by atoms with van der Waals surface area (Å²) in [6.07, 6.45) is 4.54. The summed E-state index contributed by atoms with van der Waals surface area (Å²) in [6, 6.07) is 5.97. The highest BCUT2D eigenvalue weighted by molar-refractivity contribution is 5.43. The van der Waals surface area contributed by atoms with E-state index < -0.39 is 0 Å². The van der Waals surface area contributed by atoms with Crippen LogP contribution in [0.1, 0.15) is 51.2 Å². The summed E-state index contributed by atoms with van der Waals surface area (Å²) in [5.41, 5.74) is 4.37. The highest BCUT2D eigenvalue weighted by atomic mass is 16.3. The van der Waals surface area contributed by atoms with Gasteiger partial charge in [0.25, 0.3) is 0 Å². The maximum Gasteiger partial charge on any atom is 0.115 e. The molecule has 1 aliphatic heterocycles. The lowest BCUT2D eigenvalue weighted by molar-refractivity contribution is 0.0950. The Morgan fingerprint density at radius 3 is 2.86 bits per heavy atom. The van der Waals surface area contributed by atoms with Crippen LogP contribution in [0.2, 0.25) is 0 Å². The van der Waals surface area contributed by atoms with Crippen LogP contribution in [0.3, 0.4) is 0 Å². The number of phenols is 1. The van der Waals surface area contributed by atoms with Crippen LogP contribution < -0.4 is 5.32 Å². The van der Waals surface area contributed by atoms with Crippen molar-refractivity contribution in [3.05, 3.63) is 41.0 Å². The Labute approximate surface area is 128 Å². The average Bonchev–Trinajstić information content (AvgIpc) is 2.42. The Bertz CT molecular complexity index is 573. The van der Waals surface area contributed by atoms with E-state index in [0.29, 0.717) is 23.5 Å². The molecule has 4 atom stereocenters. The van der Waals surface area contributed by atoms with Gasteiger partial charge >= 0.3 is 0 Å². The van der Waals surface area contributed by atoms with Crippen molar-refractivity contribution in [2.45, 2.75) is 52.0 Å². The molecule has 2 aliphatic rings. The summed E-state index contributed by atoms with van der Waals surface area (Å²) >= 11 is 0. The molecule has 2 N–H and O–H groups in total. The number of benzene rings is 1. The molecule has 0 amide bonds. The minimum atomic E-state index is 0.179. The summed E-state index contributed by atoms with van der Waals surface area (Å²) in [6.45, 7) is 10.1. The van der Waals surface area contributed by atoms with Gasteiger partial charge in [0.15, 0.2) is 0 Å². The van der Waals surface area contributed by atoms with Crippen molar-refractivity contribution in [2.24, 2.45) is 11.8 Å². The van der Waals surface area contributed by atoms with E-state index in [1.165, 1.54) is 16.7 Å². The third kappa shape index (κ3) is 2.40. The van der Waals surface area contributed by atoms with Gasteiger partial charge in [0, 0.05) is 5.54 Å². The molecule has 2 bridgehead atoms.